The molecular weight excluding hydrogens is 275 g/mol. The van der Waals surface area contributed by atoms with Crippen molar-refractivity contribution in [2.24, 2.45) is 5.92 Å². The molecule has 0 spiro atoms. The van der Waals surface area contributed by atoms with E-state index in [4.69, 9.17) is 0 Å². The van der Waals surface area contributed by atoms with E-state index < -0.39 is 17.5 Å². The fraction of sp³-hybridized carbons (Fsp3) is 0.647. The van der Waals surface area contributed by atoms with E-state index in [0.29, 0.717) is 6.54 Å². The lowest BCUT2D eigenvalue weighted by molar-refractivity contribution is 0.308. The predicted molar refractivity (Wildman–Crippen MR) is 78.5 cm³/mol. The number of hydrogen-bond acceptors (Lipinski definition) is 1. The summed E-state index contributed by atoms with van der Waals surface area (Å²) >= 11 is 0. The van der Waals surface area contributed by atoms with Gasteiger partial charge in [-0.25, -0.2) is 13.2 Å². The second-order valence-corrected chi connectivity index (χ2v) is 5.97. The highest BCUT2D eigenvalue weighted by atomic mass is 19.1. The molecule has 1 saturated carbocycles. The highest BCUT2D eigenvalue weighted by Crippen LogP contribution is 2.36. The molecule has 4 heteroatoms. The predicted octanol–water partition coefficient (Wildman–Crippen LogP) is 5.12. The Labute approximate surface area is 124 Å². The standard InChI is InChI=1S/C17H24F3N/c1-2-9-21-17(12-7-5-3-4-6-8-12)16-14(19)10-13(18)11-15(16)20/h10-12,17,21H,2-9H2,1H3. The van der Waals surface area contributed by atoms with Gasteiger partial charge in [0.05, 0.1) is 0 Å². The van der Waals surface area contributed by atoms with Crippen LogP contribution in [0, 0.1) is 23.4 Å². The molecule has 0 bridgehead atoms. The van der Waals surface area contributed by atoms with Gasteiger partial charge in [-0.05, 0) is 31.7 Å². The molecular formula is C17H24F3N. The molecule has 0 aliphatic heterocycles. The summed E-state index contributed by atoms with van der Waals surface area (Å²) in [6.45, 7) is 2.73. The Kier molecular flexibility index (Phi) is 6.09. The van der Waals surface area contributed by atoms with Gasteiger partial charge in [-0.1, -0.05) is 32.6 Å². The monoisotopic (exact) mass is 299 g/mol. The van der Waals surface area contributed by atoms with Gasteiger partial charge >= 0.3 is 0 Å². The number of rotatable bonds is 5. The number of benzene rings is 1. The fourth-order valence-corrected chi connectivity index (χ4v) is 3.30. The first-order valence-electron chi connectivity index (χ1n) is 8.01. The third kappa shape index (κ3) is 4.22. The Hall–Kier alpha value is -1.03. The van der Waals surface area contributed by atoms with Crippen LogP contribution in [0.15, 0.2) is 12.1 Å². The van der Waals surface area contributed by atoms with Crippen LogP contribution in [0.5, 0.6) is 0 Å². The van der Waals surface area contributed by atoms with Gasteiger partial charge in [-0.15, -0.1) is 0 Å². The zero-order valence-corrected chi connectivity index (χ0v) is 12.6. The van der Waals surface area contributed by atoms with E-state index in [-0.39, 0.29) is 17.5 Å². The van der Waals surface area contributed by atoms with Gasteiger partial charge in [0.1, 0.15) is 17.5 Å². The van der Waals surface area contributed by atoms with Crippen molar-refractivity contribution in [2.75, 3.05) is 6.54 Å². The molecule has 0 heterocycles. The summed E-state index contributed by atoms with van der Waals surface area (Å²) in [5, 5.41) is 3.28. The lowest BCUT2D eigenvalue weighted by atomic mass is 9.86. The maximum Gasteiger partial charge on any atom is 0.133 e. The van der Waals surface area contributed by atoms with E-state index in [1.165, 1.54) is 12.8 Å². The molecule has 1 N–H and O–H groups in total. The van der Waals surface area contributed by atoms with E-state index in [9.17, 15) is 13.2 Å². The van der Waals surface area contributed by atoms with Crippen LogP contribution >= 0.6 is 0 Å². The molecule has 1 atom stereocenters. The Morgan fingerprint density at radius 1 is 1.05 bits per heavy atom. The van der Waals surface area contributed by atoms with Crippen molar-refractivity contribution in [3.8, 4) is 0 Å². The number of hydrogen-bond donors (Lipinski definition) is 1. The maximum atomic E-state index is 14.1. The van der Waals surface area contributed by atoms with Crippen molar-refractivity contribution >= 4 is 0 Å². The summed E-state index contributed by atoms with van der Waals surface area (Å²) in [5.74, 6) is -2.19. The van der Waals surface area contributed by atoms with Gasteiger partial charge in [0.25, 0.3) is 0 Å². The molecule has 1 aromatic carbocycles. The first kappa shape index (κ1) is 16.3. The zero-order valence-electron chi connectivity index (χ0n) is 12.6. The van der Waals surface area contributed by atoms with E-state index in [1.54, 1.807) is 0 Å². The second-order valence-electron chi connectivity index (χ2n) is 5.97. The molecule has 0 radical (unpaired) electrons. The summed E-state index contributed by atoms with van der Waals surface area (Å²) in [5.41, 5.74) is 0.0109. The minimum atomic E-state index is -0.858. The quantitative estimate of drug-likeness (QED) is 0.745. The second kappa shape index (κ2) is 7.83. The third-order valence-electron chi connectivity index (χ3n) is 4.34. The van der Waals surface area contributed by atoms with Crippen molar-refractivity contribution in [1.82, 2.24) is 5.32 Å². The molecule has 2 rings (SSSR count). The molecule has 118 valence electrons. The molecule has 1 aliphatic carbocycles. The van der Waals surface area contributed by atoms with Gasteiger partial charge in [0.15, 0.2) is 0 Å². The van der Waals surface area contributed by atoms with Gasteiger partial charge in [-0.3, -0.25) is 0 Å². The smallest absolute Gasteiger partial charge is 0.133 e. The lowest BCUT2D eigenvalue weighted by Gasteiger charge is -2.28. The van der Waals surface area contributed by atoms with E-state index >= 15 is 0 Å². The number of halogens is 3. The third-order valence-corrected chi connectivity index (χ3v) is 4.34. The Morgan fingerprint density at radius 3 is 2.14 bits per heavy atom. The summed E-state index contributed by atoms with van der Waals surface area (Å²) in [6.07, 6.45) is 7.40. The topological polar surface area (TPSA) is 12.0 Å². The fourth-order valence-electron chi connectivity index (χ4n) is 3.30. The van der Waals surface area contributed by atoms with Crippen LogP contribution in [0.1, 0.15) is 63.5 Å². The van der Waals surface area contributed by atoms with Crippen molar-refractivity contribution < 1.29 is 13.2 Å². The van der Waals surface area contributed by atoms with E-state index in [2.05, 4.69) is 5.32 Å². The average molecular weight is 299 g/mol. The average Bonchev–Trinajstić information content (AvgIpc) is 2.70. The van der Waals surface area contributed by atoms with E-state index in [0.717, 1.165) is 44.2 Å². The first-order valence-corrected chi connectivity index (χ1v) is 8.01. The van der Waals surface area contributed by atoms with Crippen LogP contribution in [0.2, 0.25) is 0 Å². The first-order chi connectivity index (χ1) is 10.1. The SMILES string of the molecule is CCCNC(c1c(F)cc(F)cc1F)C1CCCCCC1. The minimum absolute atomic E-state index is 0.0109. The Bertz CT molecular complexity index is 430. The molecule has 0 amide bonds. The summed E-state index contributed by atoms with van der Waals surface area (Å²) in [4.78, 5) is 0. The normalized spacial score (nSPS) is 18.5. The summed E-state index contributed by atoms with van der Waals surface area (Å²) in [7, 11) is 0. The molecule has 1 fully saturated rings. The molecule has 0 aromatic heterocycles. The minimum Gasteiger partial charge on any atom is -0.310 e. The van der Waals surface area contributed by atoms with Gasteiger partial charge in [0, 0.05) is 23.7 Å². The van der Waals surface area contributed by atoms with Crippen LogP contribution in [0.4, 0.5) is 13.2 Å². The molecule has 1 aromatic rings. The Morgan fingerprint density at radius 2 is 1.62 bits per heavy atom. The largest absolute Gasteiger partial charge is 0.310 e. The molecule has 1 nitrogen and oxygen atoms in total. The van der Waals surface area contributed by atoms with Crippen LogP contribution < -0.4 is 5.32 Å². The molecule has 1 aliphatic rings. The van der Waals surface area contributed by atoms with Crippen molar-refractivity contribution in [3.63, 3.8) is 0 Å². The van der Waals surface area contributed by atoms with Crippen molar-refractivity contribution in [2.45, 2.75) is 57.9 Å². The van der Waals surface area contributed by atoms with Crippen molar-refractivity contribution in [3.05, 3.63) is 35.1 Å². The lowest BCUT2D eigenvalue weighted by Crippen LogP contribution is -2.30. The van der Waals surface area contributed by atoms with Crippen LogP contribution in [0.3, 0.4) is 0 Å². The summed E-state index contributed by atoms with van der Waals surface area (Å²) < 4.78 is 41.4. The summed E-state index contributed by atoms with van der Waals surface area (Å²) in [6, 6.07) is 1.22. The van der Waals surface area contributed by atoms with Crippen LogP contribution in [-0.2, 0) is 0 Å². The maximum absolute atomic E-state index is 14.1. The van der Waals surface area contributed by atoms with Gasteiger partial charge in [0.2, 0.25) is 0 Å². The highest BCUT2D eigenvalue weighted by Gasteiger charge is 2.29. The van der Waals surface area contributed by atoms with Crippen molar-refractivity contribution in [1.29, 1.82) is 0 Å². The molecule has 21 heavy (non-hydrogen) atoms. The van der Waals surface area contributed by atoms with Crippen LogP contribution in [-0.4, -0.2) is 6.54 Å². The van der Waals surface area contributed by atoms with Gasteiger partial charge < -0.3 is 5.32 Å². The highest BCUT2D eigenvalue weighted by molar-refractivity contribution is 5.25. The Balaban J connectivity index is 2.30. The van der Waals surface area contributed by atoms with Crippen LogP contribution in [0.25, 0.3) is 0 Å². The molecule has 1 unspecified atom stereocenters. The van der Waals surface area contributed by atoms with Gasteiger partial charge in [-0.2, -0.15) is 0 Å². The van der Waals surface area contributed by atoms with E-state index in [1.807, 2.05) is 6.92 Å². The molecule has 0 saturated heterocycles. The zero-order chi connectivity index (χ0) is 15.2. The number of nitrogens with one attached hydrogen (secondary N) is 1.